The molecular weight excluding hydrogens is 284 g/mol. The SMILES string of the molecule is O=C(/C=C/c1ccccc1)N1CC(CN2C(=O)COC2=O)C1. The molecule has 6 nitrogen and oxygen atoms in total. The van der Waals surface area contributed by atoms with Crippen molar-refractivity contribution in [1.82, 2.24) is 9.80 Å². The fraction of sp³-hybridized carbons (Fsp3) is 0.312. The molecule has 2 heterocycles. The van der Waals surface area contributed by atoms with Gasteiger partial charge in [0.25, 0.3) is 5.91 Å². The molecule has 2 fully saturated rings. The Labute approximate surface area is 127 Å². The van der Waals surface area contributed by atoms with E-state index in [0.29, 0.717) is 19.6 Å². The number of carbonyl (C=O) groups is 3. The summed E-state index contributed by atoms with van der Waals surface area (Å²) in [5.74, 6) is -0.238. The third-order valence-electron chi connectivity index (χ3n) is 3.77. The number of hydrogen-bond acceptors (Lipinski definition) is 4. The van der Waals surface area contributed by atoms with Crippen LogP contribution in [0, 0.1) is 5.92 Å². The quantitative estimate of drug-likeness (QED) is 0.782. The highest BCUT2D eigenvalue weighted by Gasteiger charge is 2.37. The van der Waals surface area contributed by atoms with Crippen LogP contribution in [-0.4, -0.2) is 53.9 Å². The van der Waals surface area contributed by atoms with Gasteiger partial charge in [-0.2, -0.15) is 0 Å². The van der Waals surface area contributed by atoms with Crippen LogP contribution in [0.4, 0.5) is 4.79 Å². The first-order chi connectivity index (χ1) is 10.6. The molecule has 3 amide bonds. The van der Waals surface area contributed by atoms with Crippen LogP contribution in [0.15, 0.2) is 36.4 Å². The Morgan fingerprint density at radius 3 is 2.59 bits per heavy atom. The lowest BCUT2D eigenvalue weighted by molar-refractivity contribution is -0.133. The lowest BCUT2D eigenvalue weighted by atomic mass is 9.99. The Morgan fingerprint density at radius 2 is 1.95 bits per heavy atom. The van der Waals surface area contributed by atoms with Gasteiger partial charge in [0.15, 0.2) is 6.61 Å². The molecule has 6 heteroatoms. The Balaban J connectivity index is 1.47. The maximum Gasteiger partial charge on any atom is 0.417 e. The third kappa shape index (κ3) is 3.00. The second-order valence-electron chi connectivity index (χ2n) is 5.41. The van der Waals surface area contributed by atoms with Crippen molar-refractivity contribution in [2.24, 2.45) is 5.92 Å². The van der Waals surface area contributed by atoms with Crippen molar-refractivity contribution < 1.29 is 19.1 Å². The highest BCUT2D eigenvalue weighted by atomic mass is 16.6. The van der Waals surface area contributed by atoms with E-state index in [9.17, 15) is 14.4 Å². The van der Waals surface area contributed by atoms with Crippen LogP contribution in [0.1, 0.15) is 5.56 Å². The molecule has 0 unspecified atom stereocenters. The second-order valence-corrected chi connectivity index (χ2v) is 5.41. The van der Waals surface area contributed by atoms with Crippen LogP contribution in [-0.2, 0) is 14.3 Å². The first-order valence-electron chi connectivity index (χ1n) is 7.12. The minimum Gasteiger partial charge on any atom is -0.439 e. The van der Waals surface area contributed by atoms with Gasteiger partial charge in [-0.25, -0.2) is 9.69 Å². The van der Waals surface area contributed by atoms with Crippen LogP contribution in [0.3, 0.4) is 0 Å². The molecule has 3 rings (SSSR count). The molecular formula is C16H16N2O4. The fourth-order valence-electron chi connectivity index (χ4n) is 2.52. The number of ether oxygens (including phenoxy) is 1. The zero-order chi connectivity index (χ0) is 15.5. The fourth-order valence-corrected chi connectivity index (χ4v) is 2.52. The highest BCUT2D eigenvalue weighted by molar-refractivity contribution is 5.98. The number of amides is 3. The third-order valence-corrected chi connectivity index (χ3v) is 3.77. The average Bonchev–Trinajstić information content (AvgIpc) is 2.80. The molecule has 2 saturated heterocycles. The number of hydrogen-bond donors (Lipinski definition) is 0. The standard InChI is InChI=1S/C16H16N2O4/c19-14(7-6-12-4-2-1-3-5-12)17-8-13(9-17)10-18-15(20)11-22-16(18)21/h1-7,13H,8-11H2/b7-6+. The zero-order valence-electron chi connectivity index (χ0n) is 12.0. The van der Waals surface area contributed by atoms with Gasteiger partial charge in [0, 0.05) is 31.6 Å². The first kappa shape index (κ1) is 14.3. The van der Waals surface area contributed by atoms with E-state index in [1.54, 1.807) is 17.1 Å². The minimum absolute atomic E-state index is 0.0598. The molecule has 0 N–H and O–H groups in total. The molecule has 0 spiro atoms. The molecule has 1 aromatic carbocycles. The van der Waals surface area contributed by atoms with Crippen molar-refractivity contribution in [3.05, 3.63) is 42.0 Å². The van der Waals surface area contributed by atoms with Crippen LogP contribution < -0.4 is 0 Å². The zero-order valence-corrected chi connectivity index (χ0v) is 12.0. The smallest absolute Gasteiger partial charge is 0.417 e. The monoisotopic (exact) mass is 300 g/mol. The van der Waals surface area contributed by atoms with Gasteiger partial charge in [-0.05, 0) is 11.6 Å². The second kappa shape index (κ2) is 6.01. The lowest BCUT2D eigenvalue weighted by Crippen LogP contribution is -2.54. The van der Waals surface area contributed by atoms with E-state index in [1.807, 2.05) is 30.3 Å². The van der Waals surface area contributed by atoms with E-state index in [0.717, 1.165) is 10.5 Å². The summed E-state index contributed by atoms with van der Waals surface area (Å²) < 4.78 is 4.65. The Bertz CT molecular complexity index is 604. The van der Waals surface area contributed by atoms with Crippen molar-refractivity contribution in [2.45, 2.75) is 0 Å². The van der Waals surface area contributed by atoms with Crippen molar-refractivity contribution in [3.8, 4) is 0 Å². The van der Waals surface area contributed by atoms with Crippen molar-refractivity contribution >= 4 is 24.0 Å². The number of rotatable bonds is 4. The van der Waals surface area contributed by atoms with Crippen LogP contribution in [0.25, 0.3) is 6.08 Å². The summed E-state index contributed by atoms with van der Waals surface area (Å²) in [4.78, 5) is 37.5. The molecule has 0 radical (unpaired) electrons. The van der Waals surface area contributed by atoms with Crippen LogP contribution in [0.2, 0.25) is 0 Å². The predicted octanol–water partition coefficient (Wildman–Crippen LogP) is 1.14. The Kier molecular flexibility index (Phi) is 3.91. The molecule has 0 bridgehead atoms. The van der Waals surface area contributed by atoms with E-state index in [4.69, 9.17) is 0 Å². The van der Waals surface area contributed by atoms with E-state index >= 15 is 0 Å². The Hall–Kier alpha value is -2.63. The average molecular weight is 300 g/mol. The summed E-state index contributed by atoms with van der Waals surface area (Å²) in [6.45, 7) is 1.25. The van der Waals surface area contributed by atoms with Crippen LogP contribution in [0.5, 0.6) is 0 Å². The molecule has 0 aromatic heterocycles. The first-order valence-corrected chi connectivity index (χ1v) is 7.12. The molecule has 114 valence electrons. The number of nitrogens with zero attached hydrogens (tertiary/aromatic N) is 2. The lowest BCUT2D eigenvalue weighted by Gasteiger charge is -2.39. The van der Waals surface area contributed by atoms with Crippen molar-refractivity contribution in [2.75, 3.05) is 26.2 Å². The maximum atomic E-state index is 12.0. The number of imide groups is 1. The number of benzene rings is 1. The molecule has 0 atom stereocenters. The largest absolute Gasteiger partial charge is 0.439 e. The van der Waals surface area contributed by atoms with E-state index < -0.39 is 6.09 Å². The van der Waals surface area contributed by atoms with Gasteiger partial charge in [-0.15, -0.1) is 0 Å². The van der Waals surface area contributed by atoms with Gasteiger partial charge in [-0.3, -0.25) is 9.59 Å². The summed E-state index contributed by atoms with van der Waals surface area (Å²) >= 11 is 0. The van der Waals surface area contributed by atoms with Gasteiger partial charge in [0.1, 0.15) is 0 Å². The molecule has 1 aromatic rings. The number of likely N-dealkylation sites (tertiary alicyclic amines) is 1. The summed E-state index contributed by atoms with van der Waals surface area (Å²) in [6, 6.07) is 9.59. The summed E-state index contributed by atoms with van der Waals surface area (Å²) in [5.41, 5.74) is 0.971. The summed E-state index contributed by atoms with van der Waals surface area (Å²) in [5, 5.41) is 0. The molecule has 2 aliphatic rings. The highest BCUT2D eigenvalue weighted by Crippen LogP contribution is 2.19. The van der Waals surface area contributed by atoms with E-state index in [-0.39, 0.29) is 24.3 Å². The van der Waals surface area contributed by atoms with Crippen molar-refractivity contribution in [1.29, 1.82) is 0 Å². The van der Waals surface area contributed by atoms with Crippen molar-refractivity contribution in [3.63, 3.8) is 0 Å². The van der Waals surface area contributed by atoms with Gasteiger partial charge in [0.2, 0.25) is 5.91 Å². The number of cyclic esters (lactones) is 1. The molecule has 0 saturated carbocycles. The maximum absolute atomic E-state index is 12.0. The topological polar surface area (TPSA) is 66.9 Å². The predicted molar refractivity (Wildman–Crippen MR) is 78.6 cm³/mol. The normalized spacial score (nSPS) is 18.7. The van der Waals surface area contributed by atoms with Gasteiger partial charge < -0.3 is 9.64 Å². The summed E-state index contributed by atoms with van der Waals surface area (Å²) in [6.07, 6.45) is 2.73. The van der Waals surface area contributed by atoms with E-state index in [2.05, 4.69) is 4.74 Å². The summed E-state index contributed by atoms with van der Waals surface area (Å²) in [7, 11) is 0. The van der Waals surface area contributed by atoms with Gasteiger partial charge in [-0.1, -0.05) is 30.3 Å². The number of carbonyl (C=O) groups excluding carboxylic acids is 3. The molecule has 22 heavy (non-hydrogen) atoms. The molecule has 2 aliphatic heterocycles. The van der Waals surface area contributed by atoms with Gasteiger partial charge in [0.05, 0.1) is 0 Å². The van der Waals surface area contributed by atoms with Gasteiger partial charge >= 0.3 is 6.09 Å². The Morgan fingerprint density at radius 1 is 1.23 bits per heavy atom. The van der Waals surface area contributed by atoms with Crippen LogP contribution >= 0.6 is 0 Å². The minimum atomic E-state index is -0.584. The molecule has 0 aliphatic carbocycles. The van der Waals surface area contributed by atoms with E-state index in [1.165, 1.54) is 0 Å².